The van der Waals surface area contributed by atoms with E-state index in [1.807, 2.05) is 18.2 Å². The smallest absolute Gasteiger partial charge is 0.222 e. The van der Waals surface area contributed by atoms with Gasteiger partial charge in [-0.25, -0.2) is 9.67 Å². The lowest BCUT2D eigenvalue weighted by Crippen LogP contribution is -2.07. The number of furan rings is 1. The molecule has 0 aliphatic rings. The van der Waals surface area contributed by atoms with E-state index in [1.54, 1.807) is 23.1 Å². The fraction of sp³-hybridized carbons (Fsp3) is 0.188. The van der Waals surface area contributed by atoms with Crippen molar-refractivity contribution in [1.82, 2.24) is 29.9 Å². The van der Waals surface area contributed by atoms with Gasteiger partial charge in [-0.2, -0.15) is 4.98 Å². The average Bonchev–Trinajstić information content (AvgIpc) is 3.25. The number of rotatable bonds is 4. The Labute approximate surface area is 137 Å². The summed E-state index contributed by atoms with van der Waals surface area (Å²) in [5.41, 5.74) is 9.40. The van der Waals surface area contributed by atoms with E-state index in [2.05, 4.69) is 32.2 Å². The van der Waals surface area contributed by atoms with E-state index >= 15 is 0 Å². The maximum Gasteiger partial charge on any atom is 0.222 e. The van der Waals surface area contributed by atoms with E-state index in [9.17, 15) is 0 Å². The minimum Gasteiger partial charge on any atom is -0.463 e. The molecule has 0 spiro atoms. The zero-order valence-electron chi connectivity index (χ0n) is 13.0. The number of aromatic nitrogens is 6. The Morgan fingerprint density at radius 1 is 1.08 bits per heavy atom. The Kier molecular flexibility index (Phi) is 3.42. The second-order valence-electron chi connectivity index (χ2n) is 5.30. The summed E-state index contributed by atoms with van der Waals surface area (Å²) in [6.07, 6.45) is 2.45. The number of anilines is 1. The third-order valence-electron chi connectivity index (χ3n) is 3.67. The van der Waals surface area contributed by atoms with Gasteiger partial charge in [0, 0.05) is 5.69 Å². The molecule has 0 aromatic carbocycles. The minimum absolute atomic E-state index is 0.146. The minimum atomic E-state index is 0.146. The van der Waals surface area contributed by atoms with Crippen molar-refractivity contribution < 1.29 is 4.42 Å². The molecule has 4 heterocycles. The van der Waals surface area contributed by atoms with Gasteiger partial charge in [-0.3, -0.25) is 4.98 Å². The molecule has 0 radical (unpaired) electrons. The standard InChI is InChI=1S/C16H15N7O/c1-2-10-5-3-6-11(18-10)9-23-15-14(21-22-23)13(19-16(17)20-15)12-7-4-8-24-12/h3-8H,2,9H2,1H3,(H2,17,19,20). The molecule has 4 aromatic rings. The van der Waals surface area contributed by atoms with Crippen molar-refractivity contribution in [1.29, 1.82) is 0 Å². The van der Waals surface area contributed by atoms with Crippen LogP contribution in [0.5, 0.6) is 0 Å². The van der Waals surface area contributed by atoms with Crippen molar-refractivity contribution in [3.05, 3.63) is 48.0 Å². The lowest BCUT2D eigenvalue weighted by molar-refractivity contribution is 0.580. The second kappa shape index (κ2) is 5.73. The first-order chi connectivity index (χ1) is 11.7. The van der Waals surface area contributed by atoms with Crippen LogP contribution < -0.4 is 5.73 Å². The lowest BCUT2D eigenvalue weighted by Gasteiger charge is -2.04. The highest BCUT2D eigenvalue weighted by Crippen LogP contribution is 2.25. The molecular weight excluding hydrogens is 306 g/mol. The molecule has 24 heavy (non-hydrogen) atoms. The molecule has 8 nitrogen and oxygen atoms in total. The first-order valence-electron chi connectivity index (χ1n) is 7.60. The number of hydrogen-bond donors (Lipinski definition) is 1. The molecule has 120 valence electrons. The SMILES string of the molecule is CCc1cccc(Cn2nnc3c(-c4ccco4)nc(N)nc32)n1. The lowest BCUT2D eigenvalue weighted by atomic mass is 10.2. The van der Waals surface area contributed by atoms with Gasteiger partial charge in [0.15, 0.2) is 16.9 Å². The highest BCUT2D eigenvalue weighted by atomic mass is 16.3. The summed E-state index contributed by atoms with van der Waals surface area (Å²) < 4.78 is 7.07. The van der Waals surface area contributed by atoms with E-state index in [4.69, 9.17) is 10.2 Å². The molecule has 8 heteroatoms. The van der Waals surface area contributed by atoms with Gasteiger partial charge in [-0.1, -0.05) is 18.2 Å². The summed E-state index contributed by atoms with van der Waals surface area (Å²) in [6.45, 7) is 2.53. The Morgan fingerprint density at radius 2 is 1.96 bits per heavy atom. The first kappa shape index (κ1) is 14.3. The number of nitrogens with two attached hydrogens (primary N) is 1. The van der Waals surface area contributed by atoms with Crippen molar-refractivity contribution >= 4 is 17.1 Å². The molecule has 0 saturated heterocycles. The molecule has 0 fully saturated rings. The van der Waals surface area contributed by atoms with Gasteiger partial charge < -0.3 is 10.2 Å². The Hall–Kier alpha value is -3.29. The summed E-state index contributed by atoms with van der Waals surface area (Å²) in [5, 5.41) is 8.38. The summed E-state index contributed by atoms with van der Waals surface area (Å²) in [7, 11) is 0. The fourth-order valence-corrected chi connectivity index (χ4v) is 2.53. The third-order valence-corrected chi connectivity index (χ3v) is 3.67. The fourth-order valence-electron chi connectivity index (χ4n) is 2.53. The molecule has 0 saturated carbocycles. The molecule has 0 amide bonds. The van der Waals surface area contributed by atoms with Crippen LogP contribution in [0.25, 0.3) is 22.6 Å². The van der Waals surface area contributed by atoms with Crippen LogP contribution in [0.3, 0.4) is 0 Å². The van der Waals surface area contributed by atoms with Crippen molar-refractivity contribution in [2.24, 2.45) is 0 Å². The van der Waals surface area contributed by atoms with Crippen LogP contribution in [-0.4, -0.2) is 29.9 Å². The zero-order valence-corrected chi connectivity index (χ0v) is 13.0. The van der Waals surface area contributed by atoms with Gasteiger partial charge in [0.05, 0.1) is 18.5 Å². The van der Waals surface area contributed by atoms with E-state index in [-0.39, 0.29) is 5.95 Å². The number of nitrogens with zero attached hydrogens (tertiary/aromatic N) is 6. The van der Waals surface area contributed by atoms with Crippen LogP contribution in [-0.2, 0) is 13.0 Å². The van der Waals surface area contributed by atoms with Crippen LogP contribution in [0, 0.1) is 0 Å². The second-order valence-corrected chi connectivity index (χ2v) is 5.30. The number of hydrogen-bond acceptors (Lipinski definition) is 7. The van der Waals surface area contributed by atoms with Crippen LogP contribution in [0.15, 0.2) is 41.0 Å². The number of nitrogen functional groups attached to an aromatic ring is 1. The molecule has 2 N–H and O–H groups in total. The van der Waals surface area contributed by atoms with Crippen LogP contribution in [0.1, 0.15) is 18.3 Å². The van der Waals surface area contributed by atoms with Crippen molar-refractivity contribution in [2.75, 3.05) is 5.73 Å². The number of fused-ring (bicyclic) bond motifs is 1. The van der Waals surface area contributed by atoms with Gasteiger partial charge in [0.1, 0.15) is 5.69 Å². The summed E-state index contributed by atoms with van der Waals surface area (Å²) in [5.74, 6) is 0.722. The average molecular weight is 321 g/mol. The van der Waals surface area contributed by atoms with Gasteiger partial charge in [0.2, 0.25) is 5.95 Å². The van der Waals surface area contributed by atoms with Crippen molar-refractivity contribution in [2.45, 2.75) is 19.9 Å². The highest BCUT2D eigenvalue weighted by molar-refractivity contribution is 5.85. The Bertz CT molecular complexity index is 991. The predicted molar refractivity (Wildman–Crippen MR) is 87.9 cm³/mol. The molecule has 0 bridgehead atoms. The molecule has 0 atom stereocenters. The van der Waals surface area contributed by atoms with Crippen LogP contribution in [0.2, 0.25) is 0 Å². The number of aryl methyl sites for hydroxylation is 1. The van der Waals surface area contributed by atoms with E-state index in [0.717, 1.165) is 17.8 Å². The first-order valence-corrected chi connectivity index (χ1v) is 7.60. The van der Waals surface area contributed by atoms with Gasteiger partial charge in [-0.15, -0.1) is 5.10 Å². The summed E-state index contributed by atoms with van der Waals surface area (Å²) in [4.78, 5) is 13.1. The molecule has 0 aliphatic heterocycles. The monoisotopic (exact) mass is 321 g/mol. The third kappa shape index (κ3) is 2.47. The topological polar surface area (TPSA) is 109 Å². The summed E-state index contributed by atoms with van der Waals surface area (Å²) >= 11 is 0. The quantitative estimate of drug-likeness (QED) is 0.613. The Morgan fingerprint density at radius 3 is 2.75 bits per heavy atom. The Balaban J connectivity index is 1.80. The van der Waals surface area contributed by atoms with E-state index in [0.29, 0.717) is 29.2 Å². The zero-order chi connectivity index (χ0) is 16.5. The summed E-state index contributed by atoms with van der Waals surface area (Å²) in [6, 6.07) is 9.51. The van der Waals surface area contributed by atoms with Crippen LogP contribution >= 0.6 is 0 Å². The predicted octanol–water partition coefficient (Wildman–Crippen LogP) is 2.07. The highest BCUT2D eigenvalue weighted by Gasteiger charge is 2.17. The number of pyridine rings is 1. The van der Waals surface area contributed by atoms with E-state index in [1.165, 1.54) is 0 Å². The van der Waals surface area contributed by atoms with Gasteiger partial charge >= 0.3 is 0 Å². The maximum absolute atomic E-state index is 5.85. The van der Waals surface area contributed by atoms with Crippen molar-refractivity contribution in [3.63, 3.8) is 0 Å². The molecular formula is C16H15N7O. The molecule has 0 aliphatic carbocycles. The van der Waals surface area contributed by atoms with E-state index < -0.39 is 0 Å². The maximum atomic E-state index is 5.85. The normalized spacial score (nSPS) is 11.2. The largest absolute Gasteiger partial charge is 0.463 e. The molecule has 4 rings (SSSR count). The molecule has 4 aromatic heterocycles. The van der Waals surface area contributed by atoms with Crippen LogP contribution in [0.4, 0.5) is 5.95 Å². The molecule has 0 unspecified atom stereocenters. The van der Waals surface area contributed by atoms with Gasteiger partial charge in [0.25, 0.3) is 0 Å². The van der Waals surface area contributed by atoms with Gasteiger partial charge in [-0.05, 0) is 30.7 Å². The van der Waals surface area contributed by atoms with Crippen molar-refractivity contribution in [3.8, 4) is 11.5 Å².